The smallest absolute Gasteiger partial charge is 0.128 e. The van der Waals surface area contributed by atoms with E-state index in [-0.39, 0.29) is 17.6 Å². The Balaban J connectivity index is 3.19. The van der Waals surface area contributed by atoms with Gasteiger partial charge in [0.15, 0.2) is 0 Å². The lowest BCUT2D eigenvalue weighted by Gasteiger charge is -2.37. The second kappa shape index (κ2) is 7.14. The lowest BCUT2D eigenvalue weighted by Crippen LogP contribution is -2.42. The summed E-state index contributed by atoms with van der Waals surface area (Å²) in [6.07, 6.45) is 0.652. The number of halogens is 2. The van der Waals surface area contributed by atoms with Gasteiger partial charge in [-0.3, -0.25) is 0 Å². The summed E-state index contributed by atoms with van der Waals surface area (Å²) in [5.74, 6) is -0.847. The van der Waals surface area contributed by atoms with E-state index in [1.54, 1.807) is 7.11 Å². The van der Waals surface area contributed by atoms with Gasteiger partial charge in [0.05, 0.1) is 12.1 Å². The van der Waals surface area contributed by atoms with Gasteiger partial charge in [-0.1, -0.05) is 27.7 Å². The zero-order valence-electron chi connectivity index (χ0n) is 13.0. The third-order valence-corrected chi connectivity index (χ3v) is 3.32. The zero-order chi connectivity index (χ0) is 15.3. The molecule has 0 heterocycles. The van der Waals surface area contributed by atoms with Gasteiger partial charge in [-0.05, 0) is 36.6 Å². The number of methoxy groups -OCH3 is 1. The molecule has 2 nitrogen and oxygen atoms in total. The second-order valence-electron chi connectivity index (χ2n) is 6.12. The molecule has 1 aromatic rings. The van der Waals surface area contributed by atoms with Gasteiger partial charge in [0.1, 0.15) is 11.6 Å². The average molecular weight is 285 g/mol. The van der Waals surface area contributed by atoms with Gasteiger partial charge in [-0.25, -0.2) is 8.78 Å². The predicted octanol–water partition coefficient (Wildman–Crippen LogP) is 4.07. The average Bonchev–Trinajstić information content (AvgIpc) is 2.36. The van der Waals surface area contributed by atoms with E-state index in [1.807, 2.05) is 27.7 Å². The lowest BCUT2D eigenvalue weighted by molar-refractivity contribution is -0.0127. The Morgan fingerprint density at radius 1 is 1.25 bits per heavy atom. The summed E-state index contributed by atoms with van der Waals surface area (Å²) >= 11 is 0. The Morgan fingerprint density at radius 3 is 2.40 bits per heavy atom. The highest BCUT2D eigenvalue weighted by Crippen LogP contribution is 2.33. The van der Waals surface area contributed by atoms with Crippen LogP contribution in [0.1, 0.15) is 45.7 Å². The summed E-state index contributed by atoms with van der Waals surface area (Å²) in [5.41, 5.74) is 0.124. The predicted molar refractivity (Wildman–Crippen MR) is 77.6 cm³/mol. The minimum absolute atomic E-state index is 0.196. The van der Waals surface area contributed by atoms with E-state index in [0.717, 1.165) is 19.0 Å². The van der Waals surface area contributed by atoms with Crippen LogP contribution in [0, 0.1) is 17.0 Å². The topological polar surface area (TPSA) is 21.3 Å². The Kier molecular flexibility index (Phi) is 6.08. The third-order valence-electron chi connectivity index (χ3n) is 3.32. The summed E-state index contributed by atoms with van der Waals surface area (Å²) in [5, 5.41) is 3.28. The van der Waals surface area contributed by atoms with Gasteiger partial charge in [-0.15, -0.1) is 0 Å². The Hall–Kier alpha value is -1.00. The summed E-state index contributed by atoms with van der Waals surface area (Å²) in [4.78, 5) is 0. The highest BCUT2D eigenvalue weighted by atomic mass is 19.1. The van der Waals surface area contributed by atoms with Crippen LogP contribution in [0.3, 0.4) is 0 Å². The molecule has 0 fully saturated rings. The minimum atomic E-state index is -0.437. The van der Waals surface area contributed by atoms with E-state index >= 15 is 0 Å². The van der Waals surface area contributed by atoms with E-state index in [0.29, 0.717) is 5.56 Å². The Morgan fingerprint density at radius 2 is 1.90 bits per heavy atom. The highest BCUT2D eigenvalue weighted by molar-refractivity contribution is 5.24. The second-order valence-corrected chi connectivity index (χ2v) is 6.12. The molecule has 0 aliphatic rings. The molecule has 0 bridgehead atoms. The molecule has 1 aromatic carbocycles. The van der Waals surface area contributed by atoms with Crippen molar-refractivity contribution >= 4 is 0 Å². The van der Waals surface area contributed by atoms with Gasteiger partial charge in [-0.2, -0.15) is 0 Å². The highest BCUT2D eigenvalue weighted by Gasteiger charge is 2.34. The number of hydrogen-bond acceptors (Lipinski definition) is 2. The van der Waals surface area contributed by atoms with Gasteiger partial charge in [0, 0.05) is 12.7 Å². The molecule has 4 heteroatoms. The minimum Gasteiger partial charge on any atom is -0.379 e. The molecular formula is C16H25F2NO. The van der Waals surface area contributed by atoms with Gasteiger partial charge in [0.2, 0.25) is 0 Å². The van der Waals surface area contributed by atoms with Crippen molar-refractivity contribution in [1.82, 2.24) is 5.32 Å². The Labute approximate surface area is 120 Å². The first-order valence-electron chi connectivity index (χ1n) is 7.02. The van der Waals surface area contributed by atoms with Crippen LogP contribution in [0.4, 0.5) is 8.78 Å². The van der Waals surface area contributed by atoms with Crippen molar-refractivity contribution in [2.45, 2.75) is 46.3 Å². The summed E-state index contributed by atoms with van der Waals surface area (Å²) in [6, 6.07) is 3.17. The standard InChI is InChI=1S/C16H25F2NO/c1-6-9-19-14(15(20-5)16(2,3)4)12-10-11(17)7-8-13(12)18/h7-8,10,14-15,19H,6,9H2,1-5H3. The molecule has 0 aromatic heterocycles. The van der Waals surface area contributed by atoms with Crippen LogP contribution >= 0.6 is 0 Å². The largest absolute Gasteiger partial charge is 0.379 e. The molecule has 2 atom stereocenters. The fraction of sp³-hybridized carbons (Fsp3) is 0.625. The maximum Gasteiger partial charge on any atom is 0.128 e. The van der Waals surface area contributed by atoms with Crippen molar-refractivity contribution in [2.75, 3.05) is 13.7 Å². The quantitative estimate of drug-likeness (QED) is 0.851. The number of hydrogen-bond donors (Lipinski definition) is 1. The maximum absolute atomic E-state index is 14.1. The molecule has 114 valence electrons. The van der Waals surface area contributed by atoms with E-state index in [4.69, 9.17) is 4.74 Å². The summed E-state index contributed by atoms with van der Waals surface area (Å²) in [6.45, 7) is 8.83. The molecule has 0 radical (unpaired) electrons. The van der Waals surface area contributed by atoms with E-state index in [2.05, 4.69) is 5.32 Å². The first-order chi connectivity index (χ1) is 9.31. The van der Waals surface area contributed by atoms with Crippen molar-refractivity contribution in [3.63, 3.8) is 0 Å². The van der Waals surface area contributed by atoms with Crippen LogP contribution in [0.15, 0.2) is 18.2 Å². The molecule has 0 saturated heterocycles. The summed E-state index contributed by atoms with van der Waals surface area (Å²) in [7, 11) is 1.60. The normalized spacial score (nSPS) is 15.2. The molecule has 0 spiro atoms. The van der Waals surface area contributed by atoms with Crippen LogP contribution in [-0.4, -0.2) is 19.8 Å². The first kappa shape index (κ1) is 17.1. The van der Waals surface area contributed by atoms with Crippen LogP contribution < -0.4 is 5.32 Å². The molecule has 1 N–H and O–H groups in total. The van der Waals surface area contributed by atoms with Crippen LogP contribution in [0.25, 0.3) is 0 Å². The molecule has 0 aliphatic carbocycles. The number of benzene rings is 1. The molecule has 0 amide bonds. The van der Waals surface area contributed by atoms with Crippen LogP contribution in [0.2, 0.25) is 0 Å². The van der Waals surface area contributed by atoms with Gasteiger partial charge < -0.3 is 10.1 Å². The van der Waals surface area contributed by atoms with Gasteiger partial charge >= 0.3 is 0 Å². The molecule has 1 rings (SSSR count). The van der Waals surface area contributed by atoms with Crippen molar-refractivity contribution in [2.24, 2.45) is 5.41 Å². The summed E-state index contributed by atoms with van der Waals surface area (Å²) < 4.78 is 33.1. The van der Waals surface area contributed by atoms with Crippen molar-refractivity contribution in [3.8, 4) is 0 Å². The zero-order valence-corrected chi connectivity index (χ0v) is 13.0. The van der Waals surface area contributed by atoms with Gasteiger partial charge in [0.25, 0.3) is 0 Å². The molecule has 0 saturated carbocycles. The maximum atomic E-state index is 14.1. The van der Waals surface area contributed by atoms with Crippen LogP contribution in [0.5, 0.6) is 0 Å². The molecule has 0 aliphatic heterocycles. The number of ether oxygens (including phenoxy) is 1. The number of rotatable bonds is 6. The Bertz CT molecular complexity index is 429. The third kappa shape index (κ3) is 4.25. The molecular weight excluding hydrogens is 260 g/mol. The first-order valence-corrected chi connectivity index (χ1v) is 7.02. The van der Waals surface area contributed by atoms with Crippen molar-refractivity contribution in [1.29, 1.82) is 0 Å². The van der Waals surface area contributed by atoms with E-state index in [1.165, 1.54) is 12.1 Å². The number of nitrogens with one attached hydrogen (secondary N) is 1. The van der Waals surface area contributed by atoms with Crippen molar-refractivity contribution < 1.29 is 13.5 Å². The lowest BCUT2D eigenvalue weighted by atomic mass is 9.81. The SMILES string of the molecule is CCCNC(c1cc(F)ccc1F)C(OC)C(C)(C)C. The van der Waals surface area contributed by atoms with Crippen molar-refractivity contribution in [3.05, 3.63) is 35.4 Å². The molecule has 20 heavy (non-hydrogen) atoms. The fourth-order valence-electron chi connectivity index (χ4n) is 2.42. The fourth-order valence-corrected chi connectivity index (χ4v) is 2.42. The van der Waals surface area contributed by atoms with E-state index in [9.17, 15) is 8.78 Å². The van der Waals surface area contributed by atoms with Crippen LogP contribution in [-0.2, 0) is 4.74 Å². The van der Waals surface area contributed by atoms with E-state index < -0.39 is 11.6 Å². The monoisotopic (exact) mass is 285 g/mol. The molecule has 2 unspecified atom stereocenters.